The number of halogens is 3. The van der Waals surface area contributed by atoms with Crippen molar-refractivity contribution in [1.29, 1.82) is 0 Å². The van der Waals surface area contributed by atoms with Gasteiger partial charge < -0.3 is 15.4 Å². The van der Waals surface area contributed by atoms with Crippen LogP contribution in [0.1, 0.15) is 57.1 Å². The van der Waals surface area contributed by atoms with Gasteiger partial charge in [-0.2, -0.15) is 10.2 Å². The number of aromatic amines is 1. The van der Waals surface area contributed by atoms with Crippen molar-refractivity contribution in [3.8, 4) is 11.4 Å². The van der Waals surface area contributed by atoms with Crippen LogP contribution in [0.15, 0.2) is 36.7 Å². The number of hydrogen-bond donors (Lipinski definition) is 2. The maximum atomic E-state index is 14.5. The number of H-pyrrole nitrogens is 1. The minimum atomic E-state index is -0.734. The van der Waals surface area contributed by atoms with Crippen LogP contribution in [0.3, 0.4) is 0 Å². The standard InChI is InChI=1S/C25H28F2N8O2.ClH/c1-13(2)21(28)25(36)37-14(3)22-31-23(33-32-22)17-12-29-35-10-8-20(30-24(17)35)34-9-4-5-19(34)16-11-15(26)6-7-18(16)27;/h6-8,10-14,19,21H,4-5,9,28H2,1-3H3,(H,31,32,33);1H/t14-,19+,21-;/m0./s1. The van der Waals surface area contributed by atoms with Crippen LogP contribution in [-0.4, -0.2) is 48.3 Å². The van der Waals surface area contributed by atoms with E-state index in [0.29, 0.717) is 47.2 Å². The molecule has 0 unspecified atom stereocenters. The average molecular weight is 547 g/mol. The van der Waals surface area contributed by atoms with E-state index in [2.05, 4.69) is 20.3 Å². The summed E-state index contributed by atoms with van der Waals surface area (Å²) in [6.45, 7) is 6.02. The predicted molar refractivity (Wildman–Crippen MR) is 139 cm³/mol. The number of nitrogens with two attached hydrogens (primary N) is 1. The van der Waals surface area contributed by atoms with Crippen molar-refractivity contribution in [2.24, 2.45) is 11.7 Å². The fraction of sp³-hybridized carbons (Fsp3) is 0.400. The van der Waals surface area contributed by atoms with Crippen molar-refractivity contribution in [2.45, 2.75) is 51.8 Å². The molecule has 13 heteroatoms. The van der Waals surface area contributed by atoms with Crippen LogP contribution in [0.5, 0.6) is 0 Å². The second kappa shape index (κ2) is 11.0. The number of carbonyl (C=O) groups excluding carboxylic acids is 1. The molecule has 0 aliphatic carbocycles. The van der Waals surface area contributed by atoms with Crippen molar-refractivity contribution in [2.75, 3.05) is 11.4 Å². The van der Waals surface area contributed by atoms with E-state index in [0.717, 1.165) is 18.6 Å². The van der Waals surface area contributed by atoms with Gasteiger partial charge in [0.05, 0.1) is 17.8 Å². The third kappa shape index (κ3) is 5.18. The van der Waals surface area contributed by atoms with E-state index in [1.165, 1.54) is 6.07 Å². The summed E-state index contributed by atoms with van der Waals surface area (Å²) < 4.78 is 35.5. The molecule has 1 aliphatic heterocycles. The molecule has 4 aromatic rings. The van der Waals surface area contributed by atoms with E-state index in [1.807, 2.05) is 18.7 Å². The van der Waals surface area contributed by atoms with E-state index in [-0.39, 0.29) is 24.4 Å². The first kappa shape index (κ1) is 27.4. The van der Waals surface area contributed by atoms with Crippen molar-refractivity contribution in [3.05, 3.63) is 59.7 Å². The van der Waals surface area contributed by atoms with Gasteiger partial charge in [0.2, 0.25) is 0 Å². The SMILES string of the molecule is CC(C)[C@H](N)C(=O)O[C@@H](C)c1nc(-c2cnn3ccc(N4CCC[C@@H]4c4cc(F)ccc4F)nc23)n[nH]1.Cl. The Balaban J connectivity index is 0.00000336. The normalized spacial score (nSPS) is 17.0. The van der Waals surface area contributed by atoms with Crippen LogP contribution in [-0.2, 0) is 9.53 Å². The van der Waals surface area contributed by atoms with Gasteiger partial charge in [-0.05, 0) is 49.9 Å². The molecule has 3 aromatic heterocycles. The number of hydrogen-bond acceptors (Lipinski definition) is 8. The van der Waals surface area contributed by atoms with Gasteiger partial charge in [0.15, 0.2) is 23.4 Å². The lowest BCUT2D eigenvalue weighted by molar-refractivity contribution is -0.151. The number of aromatic nitrogens is 6. The summed E-state index contributed by atoms with van der Waals surface area (Å²) in [4.78, 5) is 23.5. The molecule has 1 aliphatic rings. The van der Waals surface area contributed by atoms with E-state index < -0.39 is 29.7 Å². The molecule has 0 radical (unpaired) electrons. The number of anilines is 1. The first-order valence-corrected chi connectivity index (χ1v) is 12.2. The minimum absolute atomic E-state index is 0. The molecule has 10 nitrogen and oxygen atoms in total. The lowest BCUT2D eigenvalue weighted by Gasteiger charge is -2.26. The summed E-state index contributed by atoms with van der Waals surface area (Å²) in [7, 11) is 0. The third-order valence-electron chi connectivity index (χ3n) is 6.63. The Morgan fingerprint density at radius 1 is 1.21 bits per heavy atom. The van der Waals surface area contributed by atoms with E-state index in [4.69, 9.17) is 15.5 Å². The fourth-order valence-corrected chi connectivity index (χ4v) is 4.47. The highest BCUT2D eigenvalue weighted by molar-refractivity contribution is 5.85. The molecular formula is C25H29ClF2N8O2. The van der Waals surface area contributed by atoms with Gasteiger partial charge >= 0.3 is 5.97 Å². The molecule has 1 aromatic carbocycles. The maximum absolute atomic E-state index is 14.5. The zero-order valence-corrected chi connectivity index (χ0v) is 22.0. The van der Waals surface area contributed by atoms with Gasteiger partial charge in [-0.1, -0.05) is 13.8 Å². The Kier molecular flexibility index (Phi) is 7.93. The zero-order chi connectivity index (χ0) is 26.3. The summed E-state index contributed by atoms with van der Waals surface area (Å²) in [5.74, 6) is -0.190. The summed E-state index contributed by atoms with van der Waals surface area (Å²) in [5, 5.41) is 11.4. The Morgan fingerprint density at radius 2 is 2.00 bits per heavy atom. The van der Waals surface area contributed by atoms with Crippen molar-refractivity contribution >= 4 is 29.8 Å². The van der Waals surface area contributed by atoms with Gasteiger partial charge in [0.1, 0.15) is 23.5 Å². The summed E-state index contributed by atoms with van der Waals surface area (Å²) in [6.07, 6.45) is 4.17. The molecule has 1 fully saturated rings. The molecule has 0 saturated carbocycles. The van der Waals surface area contributed by atoms with E-state index in [1.54, 1.807) is 29.9 Å². The van der Waals surface area contributed by atoms with Gasteiger partial charge in [0, 0.05) is 18.3 Å². The summed E-state index contributed by atoms with van der Waals surface area (Å²) >= 11 is 0. The second-order valence-electron chi connectivity index (χ2n) is 9.52. The molecule has 0 amide bonds. The highest BCUT2D eigenvalue weighted by atomic mass is 35.5. The smallest absolute Gasteiger partial charge is 0.323 e. The molecule has 38 heavy (non-hydrogen) atoms. The third-order valence-corrected chi connectivity index (χ3v) is 6.63. The average Bonchev–Trinajstić information content (AvgIpc) is 3.63. The summed E-state index contributed by atoms with van der Waals surface area (Å²) in [6, 6.07) is 4.25. The van der Waals surface area contributed by atoms with Crippen molar-refractivity contribution in [3.63, 3.8) is 0 Å². The number of carbonyl (C=O) groups is 1. The first-order valence-electron chi connectivity index (χ1n) is 12.2. The number of benzene rings is 1. The quantitative estimate of drug-likeness (QED) is 0.331. The Hall–Kier alpha value is -3.64. The molecule has 0 spiro atoms. The van der Waals surface area contributed by atoms with Gasteiger partial charge in [0.25, 0.3) is 0 Å². The highest BCUT2D eigenvalue weighted by Crippen LogP contribution is 2.37. The van der Waals surface area contributed by atoms with Crippen molar-refractivity contribution in [1.82, 2.24) is 29.8 Å². The predicted octanol–water partition coefficient (Wildman–Crippen LogP) is 4.14. The molecule has 1 saturated heterocycles. The van der Waals surface area contributed by atoms with Crippen molar-refractivity contribution < 1.29 is 18.3 Å². The van der Waals surface area contributed by atoms with Gasteiger partial charge in [-0.25, -0.2) is 23.3 Å². The Bertz CT molecular complexity index is 1440. The summed E-state index contributed by atoms with van der Waals surface area (Å²) in [5.41, 5.74) is 7.25. The number of rotatable bonds is 7. The number of esters is 1. The molecule has 5 rings (SSSR count). The van der Waals surface area contributed by atoms with E-state index >= 15 is 0 Å². The second-order valence-corrected chi connectivity index (χ2v) is 9.52. The number of fused-ring (bicyclic) bond motifs is 1. The molecule has 3 N–H and O–H groups in total. The monoisotopic (exact) mass is 546 g/mol. The molecule has 3 atom stereocenters. The van der Waals surface area contributed by atoms with Crippen LogP contribution in [0.4, 0.5) is 14.6 Å². The topological polar surface area (TPSA) is 127 Å². The Labute approximate surface area is 224 Å². The van der Waals surface area contributed by atoms with Crippen LogP contribution >= 0.6 is 12.4 Å². The highest BCUT2D eigenvalue weighted by Gasteiger charge is 2.30. The first-order chi connectivity index (χ1) is 17.7. The maximum Gasteiger partial charge on any atom is 0.323 e. The van der Waals surface area contributed by atoms with Gasteiger partial charge in [-0.3, -0.25) is 9.89 Å². The lowest BCUT2D eigenvalue weighted by Crippen LogP contribution is -2.37. The van der Waals surface area contributed by atoms with Crippen LogP contribution in [0.2, 0.25) is 0 Å². The number of nitrogens with zero attached hydrogens (tertiary/aromatic N) is 6. The van der Waals surface area contributed by atoms with E-state index in [9.17, 15) is 13.6 Å². The van der Waals surface area contributed by atoms with Crippen LogP contribution in [0, 0.1) is 17.6 Å². The minimum Gasteiger partial charge on any atom is -0.453 e. The largest absolute Gasteiger partial charge is 0.453 e. The zero-order valence-electron chi connectivity index (χ0n) is 21.1. The molecule has 4 heterocycles. The Morgan fingerprint density at radius 3 is 2.76 bits per heavy atom. The fourth-order valence-electron chi connectivity index (χ4n) is 4.47. The molecule has 202 valence electrons. The van der Waals surface area contributed by atoms with Crippen LogP contribution in [0.25, 0.3) is 17.0 Å². The molecule has 0 bridgehead atoms. The number of nitrogens with one attached hydrogen (secondary N) is 1. The number of ether oxygens (including phenoxy) is 1. The lowest BCUT2D eigenvalue weighted by atomic mass is 10.0. The van der Waals surface area contributed by atoms with Gasteiger partial charge in [-0.15, -0.1) is 12.4 Å². The molecular weight excluding hydrogens is 518 g/mol. The van der Waals surface area contributed by atoms with Crippen LogP contribution < -0.4 is 10.6 Å².